The summed E-state index contributed by atoms with van der Waals surface area (Å²) < 4.78 is 9.07. The van der Waals surface area contributed by atoms with E-state index in [2.05, 4.69) is 18.2 Å². The highest BCUT2D eigenvalue weighted by atomic mass is 16.5. The van der Waals surface area contributed by atoms with E-state index in [0.717, 1.165) is 24.0 Å². The maximum Gasteiger partial charge on any atom is 0.333 e. The first kappa shape index (κ1) is 18.2. The van der Waals surface area contributed by atoms with Crippen molar-refractivity contribution in [3.05, 3.63) is 67.9 Å². The highest BCUT2D eigenvalue weighted by Gasteiger charge is 2.26. The summed E-state index contributed by atoms with van der Waals surface area (Å²) in [6.45, 7) is 7.90. The molecule has 5 heteroatoms. The first-order valence-electron chi connectivity index (χ1n) is 9.06. The zero-order valence-electron chi connectivity index (χ0n) is 16.1. The van der Waals surface area contributed by atoms with Gasteiger partial charge in [0.05, 0.1) is 5.56 Å². The van der Waals surface area contributed by atoms with E-state index in [0.29, 0.717) is 17.2 Å². The van der Waals surface area contributed by atoms with Gasteiger partial charge in [-0.15, -0.1) is 0 Å². The van der Waals surface area contributed by atoms with E-state index < -0.39 is 0 Å². The summed E-state index contributed by atoms with van der Waals surface area (Å²) in [5, 5.41) is 0. The largest absolute Gasteiger partial charge is 0.440 e. The summed E-state index contributed by atoms with van der Waals surface area (Å²) in [4.78, 5) is 25.7. The Kier molecular flexibility index (Phi) is 4.90. The van der Waals surface area contributed by atoms with Crippen LogP contribution in [0, 0.1) is 13.8 Å². The van der Waals surface area contributed by atoms with Gasteiger partial charge in [-0.3, -0.25) is 13.9 Å². The molecule has 1 aromatic heterocycles. The molecule has 0 radical (unpaired) electrons. The normalized spacial score (nSPS) is 14.4. The van der Waals surface area contributed by atoms with Gasteiger partial charge in [-0.25, -0.2) is 4.79 Å². The number of hydrogen-bond donors (Lipinski definition) is 0. The van der Waals surface area contributed by atoms with Gasteiger partial charge in [0.1, 0.15) is 5.75 Å². The predicted octanol–water partition coefficient (Wildman–Crippen LogP) is 3.97. The second-order valence-electron chi connectivity index (χ2n) is 7.41. The molecule has 0 atom stereocenters. The first-order valence-corrected chi connectivity index (χ1v) is 9.06. The van der Waals surface area contributed by atoms with Gasteiger partial charge in [0.15, 0.2) is 0 Å². The Morgan fingerprint density at radius 2 is 1.62 bits per heavy atom. The molecular formula is C21H26N2O3. The molecule has 0 N–H and O–H groups in total. The van der Waals surface area contributed by atoms with E-state index in [1.165, 1.54) is 11.6 Å². The van der Waals surface area contributed by atoms with Crippen LogP contribution in [0.5, 0.6) is 11.6 Å². The smallest absolute Gasteiger partial charge is 0.333 e. The first-order chi connectivity index (χ1) is 12.3. The maximum absolute atomic E-state index is 12.9. The molecule has 0 unspecified atom stereocenters. The van der Waals surface area contributed by atoms with Gasteiger partial charge in [-0.1, -0.05) is 32.1 Å². The van der Waals surface area contributed by atoms with Gasteiger partial charge in [0, 0.05) is 13.1 Å². The van der Waals surface area contributed by atoms with Crippen molar-refractivity contribution < 1.29 is 4.74 Å². The number of allylic oxidation sites excluding steroid dienone is 2. The second-order valence-corrected chi connectivity index (χ2v) is 7.41. The van der Waals surface area contributed by atoms with Crippen molar-refractivity contribution >= 4 is 0 Å². The van der Waals surface area contributed by atoms with Crippen molar-refractivity contribution in [2.75, 3.05) is 0 Å². The van der Waals surface area contributed by atoms with Crippen LogP contribution in [0.3, 0.4) is 0 Å². The molecule has 5 nitrogen and oxygen atoms in total. The second kappa shape index (κ2) is 6.98. The Morgan fingerprint density at radius 1 is 1.04 bits per heavy atom. The Labute approximate surface area is 153 Å². The molecule has 1 aliphatic carbocycles. The average Bonchev–Trinajstić information content (AvgIpc) is 3.05. The summed E-state index contributed by atoms with van der Waals surface area (Å²) in [6, 6.07) is 5.90. The average molecular weight is 354 g/mol. The lowest BCUT2D eigenvalue weighted by Gasteiger charge is -2.23. The zero-order chi connectivity index (χ0) is 19.0. The van der Waals surface area contributed by atoms with Gasteiger partial charge in [-0.2, -0.15) is 0 Å². The van der Waals surface area contributed by atoms with E-state index in [1.807, 2.05) is 39.8 Å². The fourth-order valence-electron chi connectivity index (χ4n) is 3.57. The van der Waals surface area contributed by atoms with Gasteiger partial charge in [-0.05, 0) is 55.9 Å². The van der Waals surface area contributed by atoms with Crippen LogP contribution < -0.4 is 16.0 Å². The number of aromatic nitrogens is 2. The third-order valence-electron chi connectivity index (χ3n) is 4.81. The minimum atomic E-state index is -0.326. The summed E-state index contributed by atoms with van der Waals surface area (Å²) in [5.74, 6) is 0.972. The number of rotatable bonds is 4. The quantitative estimate of drug-likeness (QED) is 0.781. The van der Waals surface area contributed by atoms with E-state index >= 15 is 0 Å². The lowest BCUT2D eigenvalue weighted by molar-refractivity contribution is 0.361. The van der Waals surface area contributed by atoms with Gasteiger partial charge in [0.25, 0.3) is 5.56 Å². The molecule has 0 amide bonds. The van der Waals surface area contributed by atoms with Crippen LogP contribution in [-0.2, 0) is 7.05 Å². The molecule has 0 saturated carbocycles. The molecule has 1 aliphatic rings. The molecule has 2 aromatic rings. The lowest BCUT2D eigenvalue weighted by Crippen LogP contribution is -2.42. The summed E-state index contributed by atoms with van der Waals surface area (Å²) in [7, 11) is 1.54. The number of ether oxygens (including phenoxy) is 1. The van der Waals surface area contributed by atoms with Crippen molar-refractivity contribution in [1.82, 2.24) is 9.13 Å². The SMILES string of the molecule is Cc1cc(C)cc(Oc2c(C(C)C)c(=O)n(C)c(=O)n2C2CC=CC2)c1. The highest BCUT2D eigenvalue weighted by Crippen LogP contribution is 2.33. The Bertz CT molecular complexity index is 952. The monoisotopic (exact) mass is 354 g/mol. The summed E-state index contributed by atoms with van der Waals surface area (Å²) in [5.41, 5.74) is 2.08. The van der Waals surface area contributed by atoms with E-state index in [-0.39, 0.29) is 23.2 Å². The van der Waals surface area contributed by atoms with Crippen molar-refractivity contribution in [3.8, 4) is 11.6 Å². The molecule has 138 valence electrons. The van der Waals surface area contributed by atoms with Gasteiger partial charge in [0.2, 0.25) is 5.88 Å². The fraction of sp³-hybridized carbons (Fsp3) is 0.429. The van der Waals surface area contributed by atoms with Crippen LogP contribution in [-0.4, -0.2) is 9.13 Å². The minimum Gasteiger partial charge on any atom is -0.440 e. The van der Waals surface area contributed by atoms with Crippen LogP contribution >= 0.6 is 0 Å². The minimum absolute atomic E-state index is 0.0206. The Balaban J connectivity index is 2.26. The molecular weight excluding hydrogens is 328 g/mol. The van der Waals surface area contributed by atoms with Crippen LogP contribution in [0.4, 0.5) is 0 Å². The Hall–Kier alpha value is -2.56. The molecule has 0 spiro atoms. The molecule has 1 heterocycles. The van der Waals surface area contributed by atoms with E-state index in [1.54, 1.807) is 4.57 Å². The van der Waals surface area contributed by atoms with E-state index in [9.17, 15) is 9.59 Å². The van der Waals surface area contributed by atoms with Crippen molar-refractivity contribution in [1.29, 1.82) is 0 Å². The predicted molar refractivity (Wildman–Crippen MR) is 103 cm³/mol. The lowest BCUT2D eigenvalue weighted by atomic mass is 10.1. The maximum atomic E-state index is 12.9. The van der Waals surface area contributed by atoms with Crippen molar-refractivity contribution in [3.63, 3.8) is 0 Å². The van der Waals surface area contributed by atoms with Gasteiger partial charge >= 0.3 is 5.69 Å². The summed E-state index contributed by atoms with van der Waals surface area (Å²) >= 11 is 0. The number of hydrogen-bond acceptors (Lipinski definition) is 3. The molecule has 1 aromatic carbocycles. The van der Waals surface area contributed by atoms with Crippen molar-refractivity contribution in [2.45, 2.75) is 52.5 Å². The third kappa shape index (κ3) is 3.26. The molecule has 0 fully saturated rings. The van der Waals surface area contributed by atoms with Crippen LogP contribution in [0.15, 0.2) is 39.9 Å². The third-order valence-corrected chi connectivity index (χ3v) is 4.81. The standard InChI is InChI=1S/C21H26N2O3/c1-13(2)18-19(24)22(5)21(25)23(16-8-6-7-9-16)20(18)26-17-11-14(3)10-15(4)12-17/h6-7,10-13,16H,8-9H2,1-5H3. The fourth-order valence-corrected chi connectivity index (χ4v) is 3.57. The Morgan fingerprint density at radius 3 is 2.15 bits per heavy atom. The number of benzene rings is 1. The summed E-state index contributed by atoms with van der Waals surface area (Å²) in [6.07, 6.45) is 5.66. The van der Waals surface area contributed by atoms with Crippen LogP contribution in [0.2, 0.25) is 0 Å². The topological polar surface area (TPSA) is 53.2 Å². The van der Waals surface area contributed by atoms with Crippen LogP contribution in [0.25, 0.3) is 0 Å². The number of aryl methyl sites for hydroxylation is 2. The van der Waals surface area contributed by atoms with Crippen molar-refractivity contribution in [2.24, 2.45) is 7.05 Å². The molecule has 0 aliphatic heterocycles. The zero-order valence-corrected chi connectivity index (χ0v) is 16.1. The molecule has 3 rings (SSSR count). The van der Waals surface area contributed by atoms with E-state index in [4.69, 9.17) is 4.74 Å². The molecule has 26 heavy (non-hydrogen) atoms. The highest BCUT2D eigenvalue weighted by molar-refractivity contribution is 5.38. The molecule has 0 bridgehead atoms. The van der Waals surface area contributed by atoms with Gasteiger partial charge < -0.3 is 4.74 Å². The van der Waals surface area contributed by atoms with Crippen LogP contribution in [0.1, 0.15) is 55.3 Å². The number of nitrogens with zero attached hydrogens (tertiary/aromatic N) is 2. The molecule has 0 saturated heterocycles.